The van der Waals surface area contributed by atoms with E-state index in [1.165, 1.54) is 6.07 Å². The summed E-state index contributed by atoms with van der Waals surface area (Å²) in [5, 5.41) is 1.52. The molecule has 0 amide bonds. The van der Waals surface area contributed by atoms with Gasteiger partial charge < -0.3 is 0 Å². The van der Waals surface area contributed by atoms with Crippen LogP contribution in [0.2, 0.25) is 0 Å². The highest BCUT2D eigenvalue weighted by atomic mass is 32.3. The molecular formula is C10H8FNO2S. The van der Waals surface area contributed by atoms with Crippen molar-refractivity contribution in [1.29, 1.82) is 0 Å². The average molecular weight is 225 g/mol. The first-order valence-corrected chi connectivity index (χ1v) is 5.65. The molecule has 0 radical (unpaired) electrons. The Hall–Kier alpha value is -1.62. The van der Waals surface area contributed by atoms with Gasteiger partial charge >= 0.3 is 10.4 Å². The largest absolute Gasteiger partial charge is 0.397 e. The monoisotopic (exact) mass is 225 g/mol. The van der Waals surface area contributed by atoms with Gasteiger partial charge in [0.1, 0.15) is 0 Å². The van der Waals surface area contributed by atoms with E-state index in [1.54, 1.807) is 18.2 Å². The number of rotatable bonds is 2. The third-order valence-electron chi connectivity index (χ3n) is 2.02. The van der Waals surface area contributed by atoms with Crippen LogP contribution in [0, 0.1) is 0 Å². The van der Waals surface area contributed by atoms with Gasteiger partial charge in [-0.15, -0.1) is 0 Å². The van der Waals surface area contributed by atoms with E-state index >= 15 is 0 Å². The number of fused-ring (bicyclic) bond motifs is 1. The Bertz CT molecular complexity index is 590. The van der Waals surface area contributed by atoms with Crippen LogP contribution in [0.15, 0.2) is 42.5 Å². The highest BCUT2D eigenvalue weighted by Crippen LogP contribution is 2.23. The number of nitrogens with one attached hydrogen (secondary N) is 1. The Kier molecular flexibility index (Phi) is 2.32. The number of benzene rings is 2. The molecular weight excluding hydrogens is 217 g/mol. The van der Waals surface area contributed by atoms with Crippen molar-refractivity contribution in [3.05, 3.63) is 42.5 Å². The van der Waals surface area contributed by atoms with Crippen molar-refractivity contribution in [2.75, 3.05) is 4.72 Å². The van der Waals surface area contributed by atoms with E-state index < -0.39 is 10.4 Å². The minimum atomic E-state index is -4.72. The summed E-state index contributed by atoms with van der Waals surface area (Å²) >= 11 is 0. The van der Waals surface area contributed by atoms with Gasteiger partial charge in [0.05, 0.1) is 5.69 Å². The molecule has 0 aliphatic carbocycles. The van der Waals surface area contributed by atoms with Gasteiger partial charge in [0.15, 0.2) is 0 Å². The van der Waals surface area contributed by atoms with E-state index in [-0.39, 0.29) is 5.69 Å². The zero-order valence-corrected chi connectivity index (χ0v) is 8.46. The molecule has 0 saturated carbocycles. The highest BCUT2D eigenvalue weighted by Gasteiger charge is 2.08. The first-order chi connectivity index (χ1) is 7.06. The minimum Gasteiger partial charge on any atom is -0.257 e. The van der Waals surface area contributed by atoms with Gasteiger partial charge in [-0.2, -0.15) is 8.42 Å². The molecule has 2 rings (SSSR count). The molecule has 0 bridgehead atoms. The summed E-state index contributed by atoms with van der Waals surface area (Å²) in [5.74, 6) is 0. The summed E-state index contributed by atoms with van der Waals surface area (Å²) in [6, 6.07) is 12.1. The summed E-state index contributed by atoms with van der Waals surface area (Å²) in [4.78, 5) is 0. The second kappa shape index (κ2) is 3.51. The van der Waals surface area contributed by atoms with E-state index in [1.807, 2.05) is 22.9 Å². The Morgan fingerprint density at radius 2 is 1.67 bits per heavy atom. The molecule has 0 saturated heterocycles. The molecule has 0 atom stereocenters. The van der Waals surface area contributed by atoms with Crippen molar-refractivity contribution >= 4 is 26.9 Å². The fourth-order valence-electron chi connectivity index (χ4n) is 1.45. The summed E-state index contributed by atoms with van der Waals surface area (Å²) in [5.41, 5.74) is 0.246. The molecule has 0 unspecified atom stereocenters. The van der Waals surface area contributed by atoms with Crippen LogP contribution in [0.25, 0.3) is 10.8 Å². The lowest BCUT2D eigenvalue weighted by atomic mass is 10.1. The van der Waals surface area contributed by atoms with Gasteiger partial charge in [-0.3, -0.25) is 4.72 Å². The summed E-state index contributed by atoms with van der Waals surface area (Å²) in [7, 11) is -4.72. The standard InChI is InChI=1S/C10H8FNO2S/c11-15(13,14)12-10-7-3-5-8-4-1-2-6-9(8)10/h1-7,12H. The normalized spacial score (nSPS) is 11.5. The molecule has 15 heavy (non-hydrogen) atoms. The van der Waals surface area contributed by atoms with Gasteiger partial charge in [0.25, 0.3) is 0 Å². The fourth-order valence-corrected chi connectivity index (χ4v) is 1.89. The summed E-state index contributed by atoms with van der Waals surface area (Å²) < 4.78 is 35.2. The number of anilines is 1. The van der Waals surface area contributed by atoms with E-state index in [0.717, 1.165) is 5.39 Å². The first-order valence-electron chi connectivity index (χ1n) is 4.26. The highest BCUT2D eigenvalue weighted by molar-refractivity contribution is 7.87. The van der Waals surface area contributed by atoms with Crippen LogP contribution in [-0.4, -0.2) is 8.42 Å². The molecule has 78 valence electrons. The van der Waals surface area contributed by atoms with Crippen molar-refractivity contribution in [2.45, 2.75) is 0 Å². The Labute approximate surface area is 86.9 Å². The van der Waals surface area contributed by atoms with Crippen LogP contribution in [0.3, 0.4) is 0 Å². The predicted octanol–water partition coefficient (Wildman–Crippen LogP) is 2.47. The molecule has 0 aliphatic heterocycles. The quantitative estimate of drug-likeness (QED) is 0.798. The molecule has 1 N–H and O–H groups in total. The summed E-state index contributed by atoms with van der Waals surface area (Å²) in [6.45, 7) is 0. The molecule has 0 aromatic heterocycles. The van der Waals surface area contributed by atoms with E-state index in [2.05, 4.69) is 0 Å². The molecule has 0 fully saturated rings. The SMILES string of the molecule is O=S(=O)(F)Nc1cccc2ccccc12. The van der Waals surface area contributed by atoms with Crippen molar-refractivity contribution in [3.8, 4) is 0 Å². The first kappa shape index (κ1) is 9.92. The molecule has 0 heterocycles. The zero-order valence-electron chi connectivity index (χ0n) is 7.64. The van der Waals surface area contributed by atoms with Gasteiger partial charge in [-0.25, -0.2) is 0 Å². The third-order valence-corrected chi connectivity index (χ3v) is 2.49. The maximum atomic E-state index is 12.5. The zero-order chi connectivity index (χ0) is 10.9. The van der Waals surface area contributed by atoms with Crippen LogP contribution in [0.5, 0.6) is 0 Å². The van der Waals surface area contributed by atoms with Gasteiger partial charge in [-0.1, -0.05) is 40.3 Å². The van der Waals surface area contributed by atoms with Gasteiger partial charge in [0, 0.05) is 5.39 Å². The maximum absolute atomic E-state index is 12.5. The lowest BCUT2D eigenvalue weighted by Gasteiger charge is -2.05. The van der Waals surface area contributed by atoms with E-state index in [4.69, 9.17) is 0 Å². The number of hydrogen-bond acceptors (Lipinski definition) is 2. The minimum absolute atomic E-state index is 0.246. The van der Waals surface area contributed by atoms with Crippen LogP contribution in [0.4, 0.5) is 9.57 Å². The topological polar surface area (TPSA) is 46.2 Å². The lowest BCUT2D eigenvalue weighted by molar-refractivity contribution is 0.558. The molecule has 0 aliphatic rings. The van der Waals surface area contributed by atoms with Crippen molar-refractivity contribution < 1.29 is 12.3 Å². The molecule has 5 heteroatoms. The van der Waals surface area contributed by atoms with Crippen molar-refractivity contribution in [2.24, 2.45) is 0 Å². The van der Waals surface area contributed by atoms with Crippen LogP contribution in [-0.2, 0) is 10.4 Å². The molecule has 0 spiro atoms. The number of halogens is 1. The molecule has 3 nitrogen and oxygen atoms in total. The van der Waals surface area contributed by atoms with Crippen LogP contribution >= 0.6 is 0 Å². The van der Waals surface area contributed by atoms with Crippen LogP contribution < -0.4 is 4.72 Å². The summed E-state index contributed by atoms with van der Waals surface area (Å²) in [6.07, 6.45) is 0. The lowest BCUT2D eigenvalue weighted by Crippen LogP contribution is -2.05. The second-order valence-corrected chi connectivity index (χ2v) is 4.15. The second-order valence-electron chi connectivity index (χ2n) is 3.07. The van der Waals surface area contributed by atoms with Crippen molar-refractivity contribution in [1.82, 2.24) is 0 Å². The Balaban J connectivity index is 2.61. The predicted molar refractivity (Wildman–Crippen MR) is 57.6 cm³/mol. The molecule has 2 aromatic carbocycles. The Morgan fingerprint density at radius 3 is 2.40 bits per heavy atom. The van der Waals surface area contributed by atoms with E-state index in [9.17, 15) is 12.3 Å². The van der Waals surface area contributed by atoms with E-state index in [0.29, 0.717) is 5.39 Å². The fraction of sp³-hybridized carbons (Fsp3) is 0. The molecule has 2 aromatic rings. The van der Waals surface area contributed by atoms with Gasteiger partial charge in [-0.05, 0) is 11.5 Å². The maximum Gasteiger partial charge on any atom is 0.397 e. The Morgan fingerprint density at radius 1 is 1.00 bits per heavy atom. The average Bonchev–Trinajstić information content (AvgIpc) is 2.16. The van der Waals surface area contributed by atoms with Gasteiger partial charge in [0.2, 0.25) is 0 Å². The van der Waals surface area contributed by atoms with Crippen LogP contribution in [0.1, 0.15) is 0 Å². The third kappa shape index (κ3) is 2.24. The number of hydrogen-bond donors (Lipinski definition) is 1. The smallest absolute Gasteiger partial charge is 0.257 e. The van der Waals surface area contributed by atoms with Crippen molar-refractivity contribution in [3.63, 3.8) is 0 Å².